The Morgan fingerprint density at radius 3 is 2.81 bits per heavy atom. The average Bonchev–Trinajstić information content (AvgIpc) is 2.46. The first kappa shape index (κ1) is 15.4. The number of aromatic nitrogens is 1. The highest BCUT2D eigenvalue weighted by molar-refractivity contribution is 7.89. The fourth-order valence-electron chi connectivity index (χ4n) is 1.73. The van der Waals surface area contributed by atoms with Gasteiger partial charge in [0.25, 0.3) is 10.0 Å². The van der Waals surface area contributed by atoms with Gasteiger partial charge < -0.3 is 4.74 Å². The van der Waals surface area contributed by atoms with Crippen molar-refractivity contribution in [3.05, 3.63) is 54.0 Å². The van der Waals surface area contributed by atoms with Crippen molar-refractivity contribution in [3.8, 4) is 5.75 Å². The molecule has 0 aliphatic rings. The van der Waals surface area contributed by atoms with Crippen molar-refractivity contribution in [3.63, 3.8) is 0 Å². The summed E-state index contributed by atoms with van der Waals surface area (Å²) >= 11 is 0. The largest absolute Gasteiger partial charge is 0.494 e. The maximum atomic E-state index is 13.5. The number of nitrogens with zero attached hydrogens (tertiary/aromatic N) is 1. The third-order valence-electron chi connectivity index (χ3n) is 2.66. The molecule has 0 saturated heterocycles. The van der Waals surface area contributed by atoms with Crippen LogP contribution in [0.1, 0.15) is 12.5 Å². The highest BCUT2D eigenvalue weighted by atomic mass is 32.2. The Bertz CT molecular complexity index is 720. The topological polar surface area (TPSA) is 68.3 Å². The monoisotopic (exact) mass is 310 g/mol. The van der Waals surface area contributed by atoms with E-state index in [0.29, 0.717) is 17.9 Å². The van der Waals surface area contributed by atoms with Crippen LogP contribution in [0.5, 0.6) is 5.75 Å². The molecule has 1 aromatic heterocycles. The van der Waals surface area contributed by atoms with E-state index in [-0.39, 0.29) is 6.54 Å². The summed E-state index contributed by atoms with van der Waals surface area (Å²) in [6, 6.07) is 9.40. The van der Waals surface area contributed by atoms with Crippen molar-refractivity contribution in [1.29, 1.82) is 0 Å². The first-order valence-electron chi connectivity index (χ1n) is 6.35. The third-order valence-corrected chi connectivity index (χ3v) is 3.99. The van der Waals surface area contributed by atoms with Crippen LogP contribution in [0.25, 0.3) is 0 Å². The molecule has 0 aliphatic carbocycles. The summed E-state index contributed by atoms with van der Waals surface area (Å²) in [4.78, 5) is 3.56. The van der Waals surface area contributed by atoms with E-state index in [2.05, 4.69) is 9.71 Å². The molecule has 0 spiro atoms. The summed E-state index contributed by atoms with van der Waals surface area (Å²) in [6.07, 6.45) is 1.23. The van der Waals surface area contributed by atoms with Gasteiger partial charge in [0.1, 0.15) is 5.75 Å². The summed E-state index contributed by atoms with van der Waals surface area (Å²) in [5.74, 6) is -0.230. The van der Waals surface area contributed by atoms with Crippen LogP contribution in [0, 0.1) is 5.82 Å². The molecule has 0 bridgehead atoms. The number of rotatable bonds is 6. The molecule has 0 amide bonds. The van der Waals surface area contributed by atoms with Gasteiger partial charge in [-0.05, 0) is 36.8 Å². The van der Waals surface area contributed by atoms with Crippen molar-refractivity contribution in [2.75, 3.05) is 6.61 Å². The van der Waals surface area contributed by atoms with Crippen molar-refractivity contribution in [1.82, 2.24) is 9.71 Å². The van der Waals surface area contributed by atoms with Gasteiger partial charge >= 0.3 is 0 Å². The maximum Gasteiger partial charge on any atom is 0.261 e. The van der Waals surface area contributed by atoms with Gasteiger partial charge in [-0.25, -0.2) is 22.5 Å². The lowest BCUT2D eigenvalue weighted by Gasteiger charge is -2.08. The molecule has 0 atom stereocenters. The summed E-state index contributed by atoms with van der Waals surface area (Å²) in [5.41, 5.74) is 0.709. The Morgan fingerprint density at radius 2 is 2.10 bits per heavy atom. The van der Waals surface area contributed by atoms with E-state index >= 15 is 0 Å². The van der Waals surface area contributed by atoms with Gasteiger partial charge in [-0.1, -0.05) is 12.1 Å². The van der Waals surface area contributed by atoms with Gasteiger partial charge in [0.2, 0.25) is 5.03 Å². The molecule has 0 radical (unpaired) electrons. The fraction of sp³-hybridized carbons (Fsp3) is 0.214. The Balaban J connectivity index is 2.12. The quantitative estimate of drug-likeness (QED) is 0.887. The normalized spacial score (nSPS) is 11.3. The molecule has 0 fully saturated rings. The smallest absolute Gasteiger partial charge is 0.261 e. The molecule has 1 aromatic carbocycles. The molecule has 7 heteroatoms. The molecule has 0 saturated carbocycles. The van der Waals surface area contributed by atoms with E-state index in [1.165, 1.54) is 12.3 Å². The van der Waals surface area contributed by atoms with Crippen LogP contribution in [0.4, 0.5) is 4.39 Å². The highest BCUT2D eigenvalue weighted by Crippen LogP contribution is 2.15. The number of hydrogen-bond donors (Lipinski definition) is 1. The van der Waals surface area contributed by atoms with Crippen LogP contribution >= 0.6 is 0 Å². The standard InChI is InChI=1S/C14H15FN2O3S/c1-2-20-12-6-3-5-11(9-12)10-17-21(18,19)14-13(15)7-4-8-16-14/h3-9,17H,2,10H2,1H3. The predicted molar refractivity (Wildman–Crippen MR) is 75.8 cm³/mol. The number of hydrogen-bond acceptors (Lipinski definition) is 4. The van der Waals surface area contributed by atoms with Crippen LogP contribution in [-0.4, -0.2) is 20.0 Å². The molecule has 1 heterocycles. The van der Waals surface area contributed by atoms with Crippen molar-refractivity contribution < 1.29 is 17.5 Å². The average molecular weight is 310 g/mol. The summed E-state index contributed by atoms with van der Waals surface area (Å²) in [7, 11) is -3.99. The fourth-order valence-corrected chi connectivity index (χ4v) is 2.75. The van der Waals surface area contributed by atoms with Crippen molar-refractivity contribution >= 4 is 10.0 Å². The second-order valence-corrected chi connectivity index (χ2v) is 5.88. The Kier molecular flexibility index (Phi) is 4.87. The lowest BCUT2D eigenvalue weighted by Crippen LogP contribution is -2.25. The Labute approximate surface area is 122 Å². The molecule has 2 rings (SSSR count). The lowest BCUT2D eigenvalue weighted by atomic mass is 10.2. The Hall–Kier alpha value is -1.99. The molecule has 1 N–H and O–H groups in total. The zero-order valence-electron chi connectivity index (χ0n) is 11.4. The predicted octanol–water partition coefficient (Wildman–Crippen LogP) is 2.10. The number of benzene rings is 1. The van der Waals surface area contributed by atoms with E-state index < -0.39 is 20.9 Å². The van der Waals surface area contributed by atoms with Gasteiger partial charge in [0.15, 0.2) is 5.82 Å². The zero-order valence-corrected chi connectivity index (χ0v) is 12.2. The van der Waals surface area contributed by atoms with Crippen LogP contribution in [0.15, 0.2) is 47.6 Å². The number of halogens is 1. The number of sulfonamides is 1. The lowest BCUT2D eigenvalue weighted by molar-refractivity contribution is 0.340. The molecular formula is C14H15FN2O3S. The van der Waals surface area contributed by atoms with Gasteiger partial charge in [0, 0.05) is 12.7 Å². The summed E-state index contributed by atoms with van der Waals surface area (Å²) < 4.78 is 45.1. The molecule has 21 heavy (non-hydrogen) atoms. The van der Waals surface area contributed by atoms with E-state index in [9.17, 15) is 12.8 Å². The van der Waals surface area contributed by atoms with Gasteiger partial charge in [-0.3, -0.25) is 0 Å². The minimum absolute atomic E-state index is 0.0270. The van der Waals surface area contributed by atoms with Crippen molar-refractivity contribution in [2.45, 2.75) is 18.5 Å². The minimum Gasteiger partial charge on any atom is -0.494 e. The maximum absolute atomic E-state index is 13.5. The summed E-state index contributed by atoms with van der Waals surface area (Å²) in [6.45, 7) is 2.41. The third kappa shape index (κ3) is 3.99. The van der Waals surface area contributed by atoms with E-state index in [4.69, 9.17) is 4.74 Å². The molecule has 0 aliphatic heterocycles. The van der Waals surface area contributed by atoms with E-state index in [1.54, 1.807) is 24.3 Å². The van der Waals surface area contributed by atoms with Gasteiger partial charge in [-0.2, -0.15) is 0 Å². The zero-order chi connectivity index (χ0) is 15.3. The van der Waals surface area contributed by atoms with Crippen LogP contribution in [0.2, 0.25) is 0 Å². The van der Waals surface area contributed by atoms with Gasteiger partial charge in [0.05, 0.1) is 6.61 Å². The molecule has 112 valence electrons. The van der Waals surface area contributed by atoms with E-state index in [1.807, 2.05) is 6.92 Å². The summed E-state index contributed by atoms with van der Waals surface area (Å²) in [5, 5.41) is -0.606. The number of ether oxygens (including phenoxy) is 1. The molecule has 0 unspecified atom stereocenters. The molecule has 5 nitrogen and oxygen atoms in total. The molecule has 2 aromatic rings. The van der Waals surface area contributed by atoms with Crippen LogP contribution in [0.3, 0.4) is 0 Å². The second-order valence-electron chi connectivity index (χ2n) is 4.20. The molecular weight excluding hydrogens is 295 g/mol. The first-order chi connectivity index (χ1) is 10.0. The number of nitrogens with one attached hydrogen (secondary N) is 1. The second kappa shape index (κ2) is 6.64. The Morgan fingerprint density at radius 1 is 1.29 bits per heavy atom. The van der Waals surface area contributed by atoms with Crippen LogP contribution < -0.4 is 9.46 Å². The van der Waals surface area contributed by atoms with E-state index in [0.717, 1.165) is 6.07 Å². The number of pyridine rings is 1. The highest BCUT2D eigenvalue weighted by Gasteiger charge is 2.19. The van der Waals surface area contributed by atoms with Crippen molar-refractivity contribution in [2.24, 2.45) is 0 Å². The van der Waals surface area contributed by atoms with Gasteiger partial charge in [-0.15, -0.1) is 0 Å². The minimum atomic E-state index is -3.99. The SMILES string of the molecule is CCOc1cccc(CNS(=O)(=O)c2ncccc2F)c1. The first-order valence-corrected chi connectivity index (χ1v) is 7.83. The van der Waals surface area contributed by atoms with Crippen LogP contribution in [-0.2, 0) is 16.6 Å².